The summed E-state index contributed by atoms with van der Waals surface area (Å²) in [5.41, 5.74) is 6.60. The molecule has 2 aromatic heterocycles. The number of nitrogens with zero attached hydrogens (tertiary/aromatic N) is 2. The Hall–Kier alpha value is -3.06. The third-order valence-electron chi connectivity index (χ3n) is 4.19. The number of methoxy groups -OCH3 is 1. The first-order chi connectivity index (χ1) is 12.7. The molecule has 26 heavy (non-hydrogen) atoms. The van der Waals surface area contributed by atoms with Gasteiger partial charge in [-0.05, 0) is 24.3 Å². The molecular formula is C18H16ClN5O2. The van der Waals surface area contributed by atoms with Crippen LogP contribution in [0.3, 0.4) is 0 Å². The number of aromatic nitrogens is 2. The van der Waals surface area contributed by atoms with Crippen LogP contribution in [-0.2, 0) is 0 Å². The second-order valence-electron chi connectivity index (χ2n) is 5.83. The monoisotopic (exact) mass is 369 g/mol. The first-order valence-corrected chi connectivity index (χ1v) is 8.46. The van der Waals surface area contributed by atoms with E-state index in [1.807, 2.05) is 18.2 Å². The van der Waals surface area contributed by atoms with Gasteiger partial charge in [0.25, 0.3) is 5.91 Å². The van der Waals surface area contributed by atoms with Crippen molar-refractivity contribution in [3.05, 3.63) is 52.8 Å². The first-order valence-electron chi connectivity index (χ1n) is 8.08. The maximum Gasteiger partial charge on any atom is 0.268 e. The maximum atomic E-state index is 12.4. The molecule has 0 radical (unpaired) electrons. The first kappa shape index (κ1) is 16.4. The topological polar surface area (TPSA) is 91.4 Å². The number of hydrazone groups is 1. The number of nitrogens with one attached hydrogen (secondary N) is 3. The van der Waals surface area contributed by atoms with Crippen molar-refractivity contribution in [2.75, 3.05) is 19.1 Å². The highest BCUT2D eigenvalue weighted by atomic mass is 35.5. The van der Waals surface area contributed by atoms with Crippen LogP contribution in [-0.4, -0.2) is 35.2 Å². The molecule has 0 saturated carbocycles. The number of hydrogen-bond donors (Lipinski definition) is 3. The van der Waals surface area contributed by atoms with Gasteiger partial charge < -0.3 is 15.0 Å². The van der Waals surface area contributed by atoms with Gasteiger partial charge in [-0.3, -0.25) is 10.2 Å². The molecule has 0 spiro atoms. The Morgan fingerprint density at radius 1 is 1.31 bits per heavy atom. The molecule has 8 heteroatoms. The summed E-state index contributed by atoms with van der Waals surface area (Å²) in [5.74, 6) is 0.379. The Morgan fingerprint density at radius 3 is 2.96 bits per heavy atom. The number of fused-ring (bicyclic) bond motifs is 3. The third kappa shape index (κ3) is 2.97. The van der Waals surface area contributed by atoms with E-state index >= 15 is 0 Å². The number of anilines is 1. The average Bonchev–Trinajstić information content (AvgIpc) is 2.95. The fourth-order valence-corrected chi connectivity index (χ4v) is 3.13. The van der Waals surface area contributed by atoms with Gasteiger partial charge in [-0.1, -0.05) is 11.6 Å². The van der Waals surface area contributed by atoms with Gasteiger partial charge in [0, 0.05) is 40.5 Å². The summed E-state index contributed by atoms with van der Waals surface area (Å²) in [7, 11) is 1.56. The Bertz CT molecular complexity index is 1010. The number of carbonyl (C=O) groups excluding carboxylic acids is 1. The number of hydrogen-bond acceptors (Lipinski definition) is 5. The van der Waals surface area contributed by atoms with Crippen LogP contribution in [0.1, 0.15) is 22.5 Å². The van der Waals surface area contributed by atoms with E-state index < -0.39 is 0 Å². The minimum atomic E-state index is -0.149. The van der Waals surface area contributed by atoms with Crippen molar-refractivity contribution in [3.8, 4) is 5.88 Å². The lowest BCUT2D eigenvalue weighted by molar-refractivity contribution is 0.0952. The summed E-state index contributed by atoms with van der Waals surface area (Å²) in [4.78, 5) is 19.7. The summed E-state index contributed by atoms with van der Waals surface area (Å²) in [5, 5.41) is 8.89. The van der Waals surface area contributed by atoms with E-state index in [-0.39, 0.29) is 5.91 Å². The van der Waals surface area contributed by atoms with Gasteiger partial charge in [-0.25, -0.2) is 4.98 Å². The Balaban J connectivity index is 1.76. The number of pyridine rings is 1. The van der Waals surface area contributed by atoms with Crippen LogP contribution in [0.5, 0.6) is 5.88 Å². The minimum Gasteiger partial charge on any atom is -0.481 e. The normalized spacial score (nSPS) is 15.5. The molecule has 3 N–H and O–H groups in total. The zero-order valence-corrected chi connectivity index (χ0v) is 14.7. The zero-order chi connectivity index (χ0) is 18.1. The van der Waals surface area contributed by atoms with E-state index in [0.717, 1.165) is 27.9 Å². The van der Waals surface area contributed by atoms with Gasteiger partial charge in [-0.15, -0.1) is 0 Å². The highest BCUT2D eigenvalue weighted by Gasteiger charge is 2.25. The van der Waals surface area contributed by atoms with Crippen LogP contribution in [0.15, 0.2) is 41.6 Å². The summed E-state index contributed by atoms with van der Waals surface area (Å²) in [6, 6.07) is 9.06. The Kier molecular flexibility index (Phi) is 4.22. The number of halogens is 1. The maximum absolute atomic E-state index is 12.4. The predicted molar refractivity (Wildman–Crippen MR) is 101 cm³/mol. The van der Waals surface area contributed by atoms with E-state index in [2.05, 4.69) is 25.8 Å². The number of rotatable bonds is 3. The number of benzene rings is 1. The molecule has 4 rings (SSSR count). The standard InChI is InChI=1S/C18H16ClN5O2/c1-26-15-5-3-11(9-21-15)23-24-14-6-7-20-18(25)17-16(14)12-8-10(19)2-4-13(12)22-17/h2-5,8-9,22-23H,6-7H2,1H3,(H,20,25)/b24-14-. The van der Waals surface area contributed by atoms with Crippen molar-refractivity contribution in [2.45, 2.75) is 6.42 Å². The van der Waals surface area contributed by atoms with Crippen LogP contribution in [0, 0.1) is 0 Å². The summed E-state index contributed by atoms with van der Waals surface area (Å²) >= 11 is 6.15. The molecule has 0 aliphatic carbocycles. The van der Waals surface area contributed by atoms with E-state index in [4.69, 9.17) is 16.3 Å². The number of carbonyl (C=O) groups is 1. The lowest BCUT2D eigenvalue weighted by Gasteiger charge is -2.06. The van der Waals surface area contributed by atoms with Crippen molar-refractivity contribution in [1.29, 1.82) is 0 Å². The lowest BCUT2D eigenvalue weighted by Crippen LogP contribution is -2.23. The molecular weight excluding hydrogens is 354 g/mol. The summed E-state index contributed by atoms with van der Waals surface area (Å²) in [6.07, 6.45) is 2.23. The van der Waals surface area contributed by atoms with Crippen LogP contribution in [0.2, 0.25) is 5.02 Å². The molecule has 3 aromatic rings. The second-order valence-corrected chi connectivity index (χ2v) is 6.27. The van der Waals surface area contributed by atoms with Crippen LogP contribution < -0.4 is 15.5 Å². The molecule has 0 fully saturated rings. The fraction of sp³-hybridized carbons (Fsp3) is 0.167. The van der Waals surface area contributed by atoms with E-state index in [0.29, 0.717) is 29.6 Å². The molecule has 3 heterocycles. The average molecular weight is 370 g/mol. The van der Waals surface area contributed by atoms with Gasteiger partial charge in [0.05, 0.1) is 24.7 Å². The van der Waals surface area contributed by atoms with Gasteiger partial charge in [0.2, 0.25) is 5.88 Å². The second kappa shape index (κ2) is 6.68. The van der Waals surface area contributed by atoms with Crippen LogP contribution >= 0.6 is 11.6 Å². The number of ether oxygens (including phenoxy) is 1. The molecule has 0 atom stereocenters. The van der Waals surface area contributed by atoms with Crippen molar-refractivity contribution in [3.63, 3.8) is 0 Å². The molecule has 0 unspecified atom stereocenters. The zero-order valence-electron chi connectivity index (χ0n) is 14.0. The van der Waals surface area contributed by atoms with Crippen molar-refractivity contribution in [1.82, 2.24) is 15.3 Å². The minimum absolute atomic E-state index is 0.149. The highest BCUT2D eigenvalue weighted by molar-refractivity contribution is 6.32. The summed E-state index contributed by atoms with van der Waals surface area (Å²) in [6.45, 7) is 0.505. The molecule has 1 amide bonds. The van der Waals surface area contributed by atoms with Gasteiger partial charge >= 0.3 is 0 Å². The predicted octanol–water partition coefficient (Wildman–Crippen LogP) is 3.17. The van der Waals surface area contributed by atoms with Gasteiger partial charge in [0.1, 0.15) is 5.69 Å². The van der Waals surface area contributed by atoms with Crippen molar-refractivity contribution in [2.24, 2.45) is 5.10 Å². The van der Waals surface area contributed by atoms with Gasteiger partial charge in [0.15, 0.2) is 0 Å². The quantitative estimate of drug-likeness (QED) is 0.618. The van der Waals surface area contributed by atoms with E-state index in [9.17, 15) is 4.79 Å². The third-order valence-corrected chi connectivity index (χ3v) is 4.42. The lowest BCUT2D eigenvalue weighted by atomic mass is 10.0. The van der Waals surface area contributed by atoms with Crippen molar-refractivity contribution >= 4 is 39.8 Å². The molecule has 1 aromatic carbocycles. The Labute approximate surface area is 154 Å². The molecule has 1 aliphatic heterocycles. The largest absolute Gasteiger partial charge is 0.481 e. The fourth-order valence-electron chi connectivity index (χ4n) is 2.95. The van der Waals surface area contributed by atoms with Crippen LogP contribution in [0.25, 0.3) is 10.9 Å². The van der Waals surface area contributed by atoms with Crippen LogP contribution in [0.4, 0.5) is 5.69 Å². The number of aromatic amines is 1. The van der Waals surface area contributed by atoms with Crippen molar-refractivity contribution < 1.29 is 9.53 Å². The highest BCUT2D eigenvalue weighted by Crippen LogP contribution is 2.28. The molecule has 1 aliphatic rings. The molecule has 132 valence electrons. The number of H-pyrrole nitrogens is 1. The SMILES string of the molecule is COc1ccc(N/N=C2/CCNC(=O)c3[nH]c4ccc(Cl)cc4c32)cn1. The smallest absolute Gasteiger partial charge is 0.268 e. The van der Waals surface area contributed by atoms with Gasteiger partial charge in [-0.2, -0.15) is 5.10 Å². The Morgan fingerprint density at radius 2 is 2.19 bits per heavy atom. The van der Waals surface area contributed by atoms with E-state index in [1.54, 1.807) is 25.4 Å². The summed E-state index contributed by atoms with van der Waals surface area (Å²) < 4.78 is 5.05. The molecule has 0 saturated heterocycles. The van der Waals surface area contributed by atoms with E-state index in [1.165, 1.54) is 0 Å². The number of amides is 1. The molecule has 0 bridgehead atoms. The molecule has 7 nitrogen and oxygen atoms in total.